The van der Waals surface area contributed by atoms with E-state index in [2.05, 4.69) is 15.9 Å². The van der Waals surface area contributed by atoms with Crippen LogP contribution in [0.15, 0.2) is 53.0 Å². The van der Waals surface area contributed by atoms with Crippen molar-refractivity contribution in [3.05, 3.63) is 69.8 Å². The number of aryl methyl sites for hydroxylation is 1. The van der Waals surface area contributed by atoms with Crippen molar-refractivity contribution in [2.75, 3.05) is 7.11 Å². The van der Waals surface area contributed by atoms with Crippen LogP contribution in [0.25, 0.3) is 16.9 Å². The van der Waals surface area contributed by atoms with Gasteiger partial charge in [0.05, 0.1) is 24.9 Å². The lowest BCUT2D eigenvalue weighted by molar-refractivity contribution is -0.136. The molecule has 0 atom stereocenters. The predicted molar refractivity (Wildman–Crippen MR) is 118 cm³/mol. The molecule has 30 heavy (non-hydrogen) atoms. The van der Waals surface area contributed by atoms with Crippen molar-refractivity contribution in [1.29, 1.82) is 0 Å². The Morgan fingerprint density at radius 2 is 1.90 bits per heavy atom. The molecule has 0 saturated carbocycles. The first kappa shape index (κ1) is 21.6. The van der Waals surface area contributed by atoms with Crippen molar-refractivity contribution >= 4 is 27.8 Å². The van der Waals surface area contributed by atoms with Crippen LogP contribution in [-0.2, 0) is 17.8 Å². The third-order valence-corrected chi connectivity index (χ3v) is 5.31. The number of nitrogens with zero attached hydrogens (tertiary/aromatic N) is 1. The lowest BCUT2D eigenvalue weighted by Gasteiger charge is -2.19. The number of halogens is 1. The summed E-state index contributed by atoms with van der Waals surface area (Å²) in [5.74, 6) is -0.749. The van der Waals surface area contributed by atoms with Crippen LogP contribution in [0, 0.1) is 0 Å². The average Bonchev–Trinajstić information content (AvgIpc) is 3.15. The molecule has 0 radical (unpaired) electrons. The third kappa shape index (κ3) is 4.39. The molecule has 0 spiro atoms. The van der Waals surface area contributed by atoms with Crippen molar-refractivity contribution in [2.45, 2.75) is 19.4 Å². The van der Waals surface area contributed by atoms with Crippen molar-refractivity contribution in [1.82, 2.24) is 4.57 Å². The number of ether oxygens (including phenoxy) is 1. The van der Waals surface area contributed by atoms with Gasteiger partial charge in [0.2, 0.25) is 5.91 Å². The van der Waals surface area contributed by atoms with Crippen molar-refractivity contribution in [3.8, 4) is 22.7 Å². The van der Waals surface area contributed by atoms with Gasteiger partial charge in [0.25, 0.3) is 0 Å². The van der Waals surface area contributed by atoms with Gasteiger partial charge in [0.1, 0.15) is 5.75 Å². The summed E-state index contributed by atoms with van der Waals surface area (Å²) in [4.78, 5) is 22.8. The van der Waals surface area contributed by atoms with Gasteiger partial charge in [-0.3, -0.25) is 9.59 Å². The van der Waals surface area contributed by atoms with Gasteiger partial charge in [-0.15, -0.1) is 0 Å². The van der Waals surface area contributed by atoms with E-state index in [4.69, 9.17) is 16.2 Å². The molecule has 7 nitrogen and oxygen atoms in total. The molecular formula is C22H22BrN3O4. The standard InChI is InChI=1S/C22H22BrN3O4/c1-30-20-8-3-15(23)11-17(20)19-7-4-16(5-9-21(27)28)26(19)18-6-2-13(22(25)29)10-14(18)12-24/h2-4,6-8,10-11H,5,9,12,24H2,1H3,(H2,25,29)(H,27,28). The molecule has 8 heteroatoms. The highest BCUT2D eigenvalue weighted by Gasteiger charge is 2.19. The maximum Gasteiger partial charge on any atom is 0.303 e. The van der Waals surface area contributed by atoms with Crippen LogP contribution in [0.5, 0.6) is 5.75 Å². The van der Waals surface area contributed by atoms with E-state index in [0.717, 1.165) is 27.1 Å². The Morgan fingerprint density at radius 1 is 1.13 bits per heavy atom. The number of aromatic nitrogens is 1. The monoisotopic (exact) mass is 471 g/mol. The molecule has 0 aliphatic heterocycles. The average molecular weight is 472 g/mol. The first-order valence-electron chi connectivity index (χ1n) is 9.25. The van der Waals surface area contributed by atoms with E-state index in [-0.39, 0.29) is 13.0 Å². The number of benzene rings is 2. The number of carboxylic acid groups (broad SMARTS) is 1. The van der Waals surface area contributed by atoms with Crippen LogP contribution < -0.4 is 16.2 Å². The fourth-order valence-corrected chi connectivity index (χ4v) is 3.77. The molecule has 0 fully saturated rings. The van der Waals surface area contributed by atoms with Gasteiger partial charge < -0.3 is 25.9 Å². The molecule has 5 N–H and O–H groups in total. The zero-order chi connectivity index (χ0) is 21.8. The summed E-state index contributed by atoms with van der Waals surface area (Å²) in [6.45, 7) is 0.183. The van der Waals surface area contributed by atoms with Gasteiger partial charge in [-0.25, -0.2) is 0 Å². The number of hydrogen-bond donors (Lipinski definition) is 3. The second-order valence-corrected chi connectivity index (χ2v) is 7.61. The number of carbonyl (C=O) groups is 2. The minimum Gasteiger partial charge on any atom is -0.496 e. The summed E-state index contributed by atoms with van der Waals surface area (Å²) in [6, 6.07) is 14.6. The summed E-state index contributed by atoms with van der Waals surface area (Å²) >= 11 is 3.50. The Hall–Kier alpha value is -3.10. The van der Waals surface area contributed by atoms with Crippen LogP contribution in [0.1, 0.15) is 28.0 Å². The van der Waals surface area contributed by atoms with E-state index in [1.807, 2.05) is 34.9 Å². The van der Waals surface area contributed by atoms with E-state index in [1.165, 1.54) is 0 Å². The van der Waals surface area contributed by atoms with Crippen LogP contribution in [-0.4, -0.2) is 28.7 Å². The number of carbonyl (C=O) groups excluding carboxylic acids is 1. The second-order valence-electron chi connectivity index (χ2n) is 6.70. The van der Waals surface area contributed by atoms with E-state index in [0.29, 0.717) is 23.3 Å². The quantitative estimate of drug-likeness (QED) is 0.464. The summed E-state index contributed by atoms with van der Waals surface area (Å²) in [6.07, 6.45) is 0.309. The van der Waals surface area contributed by atoms with Crippen LogP contribution in [0.2, 0.25) is 0 Å². The number of amides is 1. The van der Waals surface area contributed by atoms with Gasteiger partial charge in [0.15, 0.2) is 0 Å². The zero-order valence-electron chi connectivity index (χ0n) is 16.4. The number of aliphatic carboxylic acids is 1. The summed E-state index contributed by atoms with van der Waals surface area (Å²) in [5, 5.41) is 9.17. The molecule has 1 aromatic heterocycles. The van der Waals surface area contributed by atoms with Gasteiger partial charge in [-0.2, -0.15) is 0 Å². The first-order valence-corrected chi connectivity index (χ1v) is 10.0. The molecular weight excluding hydrogens is 450 g/mol. The normalized spacial score (nSPS) is 10.8. The zero-order valence-corrected chi connectivity index (χ0v) is 18.0. The summed E-state index contributed by atoms with van der Waals surface area (Å²) in [7, 11) is 1.60. The van der Waals surface area contributed by atoms with Crippen molar-refractivity contribution < 1.29 is 19.4 Å². The molecule has 156 valence electrons. The van der Waals surface area contributed by atoms with E-state index in [1.54, 1.807) is 25.3 Å². The van der Waals surface area contributed by atoms with Gasteiger partial charge >= 0.3 is 5.97 Å². The van der Waals surface area contributed by atoms with Gasteiger partial charge in [-0.1, -0.05) is 15.9 Å². The van der Waals surface area contributed by atoms with E-state index < -0.39 is 11.9 Å². The Bertz CT molecular complexity index is 1110. The van der Waals surface area contributed by atoms with Crippen molar-refractivity contribution in [2.24, 2.45) is 11.5 Å². The number of carboxylic acids is 1. The number of primary amides is 1. The van der Waals surface area contributed by atoms with Gasteiger partial charge in [-0.05, 0) is 60.5 Å². The highest BCUT2D eigenvalue weighted by molar-refractivity contribution is 9.10. The molecule has 3 aromatic rings. The van der Waals surface area contributed by atoms with Crippen LogP contribution >= 0.6 is 15.9 Å². The lowest BCUT2D eigenvalue weighted by atomic mass is 10.1. The second kappa shape index (κ2) is 9.15. The van der Waals surface area contributed by atoms with Crippen LogP contribution in [0.4, 0.5) is 0 Å². The highest BCUT2D eigenvalue weighted by atomic mass is 79.9. The van der Waals surface area contributed by atoms with E-state index >= 15 is 0 Å². The fourth-order valence-electron chi connectivity index (χ4n) is 3.40. The number of nitrogens with two attached hydrogens (primary N) is 2. The Kier molecular flexibility index (Phi) is 6.59. The maximum absolute atomic E-state index is 11.6. The molecule has 0 bridgehead atoms. The predicted octanol–water partition coefficient (Wildman–Crippen LogP) is 3.49. The number of hydrogen-bond acceptors (Lipinski definition) is 4. The highest BCUT2D eigenvalue weighted by Crippen LogP contribution is 2.36. The lowest BCUT2D eigenvalue weighted by Crippen LogP contribution is -2.14. The Labute approximate surface area is 182 Å². The molecule has 3 rings (SSSR count). The molecule has 0 aliphatic carbocycles. The molecule has 0 saturated heterocycles. The molecule has 1 heterocycles. The van der Waals surface area contributed by atoms with Crippen molar-refractivity contribution in [3.63, 3.8) is 0 Å². The third-order valence-electron chi connectivity index (χ3n) is 4.82. The molecule has 1 amide bonds. The minimum atomic E-state index is -0.882. The maximum atomic E-state index is 11.6. The first-order chi connectivity index (χ1) is 14.3. The van der Waals surface area contributed by atoms with Crippen LogP contribution in [0.3, 0.4) is 0 Å². The summed E-state index contributed by atoms with van der Waals surface area (Å²) < 4.78 is 8.38. The Balaban J connectivity index is 2.27. The molecule has 2 aromatic carbocycles. The van der Waals surface area contributed by atoms with E-state index in [9.17, 15) is 14.7 Å². The van der Waals surface area contributed by atoms with Gasteiger partial charge in [0, 0.05) is 27.8 Å². The largest absolute Gasteiger partial charge is 0.496 e. The summed E-state index contributed by atoms with van der Waals surface area (Å²) in [5.41, 5.74) is 15.7. The number of rotatable bonds is 8. The minimum absolute atomic E-state index is 0.0175. The fraction of sp³-hybridized carbons (Fsp3) is 0.182. The Morgan fingerprint density at radius 3 is 2.53 bits per heavy atom. The molecule has 0 aliphatic rings. The smallest absolute Gasteiger partial charge is 0.303 e. The SMILES string of the molecule is COc1ccc(Br)cc1-c1ccc(CCC(=O)O)n1-c1ccc(C(N)=O)cc1CN. The topological polar surface area (TPSA) is 121 Å². The number of methoxy groups -OCH3 is 1. The molecule has 0 unspecified atom stereocenters.